The zero-order chi connectivity index (χ0) is 29.0. The van der Waals surface area contributed by atoms with Crippen molar-refractivity contribution in [2.45, 2.75) is 24.1 Å². The summed E-state index contributed by atoms with van der Waals surface area (Å²) in [4.78, 5) is 33.0. The number of carbonyl (C=O) groups excluding carboxylic acids is 2. The minimum Gasteiger partial charge on any atom is -0.489 e. The van der Waals surface area contributed by atoms with Crippen molar-refractivity contribution in [1.29, 1.82) is 0 Å². The first-order valence-corrected chi connectivity index (χ1v) is 11.7. The number of pyridine rings is 1. The molecule has 2 amide bonds. The minimum atomic E-state index is -5.35. The Morgan fingerprint density at radius 2 is 1.82 bits per heavy atom. The van der Waals surface area contributed by atoms with Crippen molar-refractivity contribution in [2.75, 3.05) is 18.9 Å². The van der Waals surface area contributed by atoms with Gasteiger partial charge in [-0.15, -0.1) is 0 Å². The highest BCUT2D eigenvalue weighted by Gasteiger charge is 2.57. The highest BCUT2D eigenvalue weighted by Crippen LogP contribution is 2.47. The van der Waals surface area contributed by atoms with Gasteiger partial charge in [-0.05, 0) is 55.5 Å². The average Bonchev–Trinajstić information content (AvgIpc) is 3.45. The lowest BCUT2D eigenvalue weighted by molar-refractivity contribution is -0.265. The van der Waals surface area contributed by atoms with Crippen LogP contribution in [0, 0.1) is 5.82 Å². The summed E-state index contributed by atoms with van der Waals surface area (Å²) in [6.07, 6.45) is -5.35. The minimum absolute atomic E-state index is 0.0372. The fourth-order valence-electron chi connectivity index (χ4n) is 4.33. The molecule has 5 rings (SSSR count). The number of hydrogen-bond acceptors (Lipinski definition) is 8. The summed E-state index contributed by atoms with van der Waals surface area (Å²) in [5, 5.41) is 13.2. The maximum absolute atomic E-state index is 14.5. The smallest absolute Gasteiger partial charge is 0.424 e. The van der Waals surface area contributed by atoms with Crippen LogP contribution in [0.5, 0.6) is 5.75 Å². The molecule has 2 aromatic heterocycles. The third-order valence-corrected chi connectivity index (χ3v) is 6.80. The van der Waals surface area contributed by atoms with Gasteiger partial charge in [0, 0.05) is 16.7 Å². The Balaban J connectivity index is 1.58. The Morgan fingerprint density at radius 1 is 1.12 bits per heavy atom. The molecule has 2 aromatic carbocycles. The van der Waals surface area contributed by atoms with Gasteiger partial charge in [-0.25, -0.2) is 9.37 Å². The second-order valence-electron chi connectivity index (χ2n) is 9.50. The monoisotopic (exact) mass is 559 g/mol. The zero-order valence-electron chi connectivity index (χ0n) is 20.7. The van der Waals surface area contributed by atoms with Crippen LogP contribution >= 0.6 is 0 Å². The molecule has 40 heavy (non-hydrogen) atoms. The predicted molar refractivity (Wildman–Crippen MR) is 132 cm³/mol. The topological polar surface area (TPSA) is 167 Å². The second-order valence-corrected chi connectivity index (χ2v) is 9.50. The van der Waals surface area contributed by atoms with E-state index in [1.807, 2.05) is 0 Å². The molecule has 1 aliphatic rings. The SMILES string of the molecule is C[C@]1(C(N)=O)COc2c1cc(C(O)(CNC(=O)c1ccc3nc(N)oc3c1)C(F)(F)F)nc2-c1ccc(F)cc1. The van der Waals surface area contributed by atoms with E-state index in [0.717, 1.165) is 18.2 Å². The Bertz CT molecular complexity index is 1660. The van der Waals surface area contributed by atoms with Gasteiger partial charge in [0.15, 0.2) is 5.58 Å². The molecule has 0 bridgehead atoms. The van der Waals surface area contributed by atoms with Crippen LogP contribution in [-0.4, -0.2) is 46.2 Å². The fourth-order valence-corrected chi connectivity index (χ4v) is 4.33. The van der Waals surface area contributed by atoms with E-state index in [1.165, 1.54) is 37.3 Å². The van der Waals surface area contributed by atoms with Crippen LogP contribution in [0.1, 0.15) is 28.5 Å². The number of rotatable bonds is 6. The summed E-state index contributed by atoms with van der Waals surface area (Å²) < 4.78 is 67.8. The number of aliphatic hydroxyl groups is 1. The molecule has 1 unspecified atom stereocenters. The molecule has 3 heterocycles. The third-order valence-electron chi connectivity index (χ3n) is 6.80. The highest BCUT2D eigenvalue weighted by atomic mass is 19.4. The van der Waals surface area contributed by atoms with E-state index in [4.69, 9.17) is 20.6 Å². The number of oxazole rings is 1. The summed E-state index contributed by atoms with van der Waals surface area (Å²) in [6.45, 7) is -0.276. The number of aromatic nitrogens is 2. The molecule has 4 aromatic rings. The predicted octanol–water partition coefficient (Wildman–Crippen LogP) is 2.93. The maximum atomic E-state index is 14.5. The Kier molecular flexibility index (Phi) is 6.17. The number of anilines is 1. The van der Waals surface area contributed by atoms with E-state index in [2.05, 4.69) is 15.3 Å². The van der Waals surface area contributed by atoms with Crippen LogP contribution in [-0.2, 0) is 15.8 Å². The Hall–Kier alpha value is -4.72. The van der Waals surface area contributed by atoms with Gasteiger partial charge in [-0.3, -0.25) is 9.59 Å². The largest absolute Gasteiger partial charge is 0.489 e. The van der Waals surface area contributed by atoms with Gasteiger partial charge in [0.25, 0.3) is 11.9 Å². The van der Waals surface area contributed by atoms with E-state index in [-0.39, 0.29) is 46.3 Å². The molecule has 0 aliphatic carbocycles. The van der Waals surface area contributed by atoms with Crippen LogP contribution in [0.25, 0.3) is 22.4 Å². The number of halogens is 4. The molecule has 0 saturated heterocycles. The molecule has 0 fully saturated rings. The number of primary amides is 1. The summed E-state index contributed by atoms with van der Waals surface area (Å²) in [6, 6.07) is 9.27. The summed E-state index contributed by atoms with van der Waals surface area (Å²) in [5.41, 5.74) is 5.11. The quantitative estimate of drug-likeness (QED) is 0.262. The number of hydrogen-bond donors (Lipinski definition) is 4. The van der Waals surface area contributed by atoms with Gasteiger partial charge < -0.3 is 31.0 Å². The summed E-state index contributed by atoms with van der Waals surface area (Å²) in [5.74, 6) is -2.50. The number of nitrogen functional groups attached to an aromatic ring is 1. The normalized spacial score (nSPS) is 18.1. The second kappa shape index (κ2) is 9.19. The first kappa shape index (κ1) is 26.9. The molecule has 6 N–H and O–H groups in total. The number of ether oxygens (including phenoxy) is 1. The number of alkyl halides is 3. The molecule has 2 atom stereocenters. The number of fused-ring (bicyclic) bond motifs is 2. The van der Waals surface area contributed by atoms with E-state index in [9.17, 15) is 32.3 Å². The van der Waals surface area contributed by atoms with Crippen molar-refractivity contribution in [3.63, 3.8) is 0 Å². The fraction of sp³-hybridized carbons (Fsp3) is 0.231. The summed E-state index contributed by atoms with van der Waals surface area (Å²) in [7, 11) is 0. The third kappa shape index (κ3) is 4.35. The van der Waals surface area contributed by atoms with Gasteiger partial charge in [-0.2, -0.15) is 18.2 Å². The Labute approximate surface area is 222 Å². The number of nitrogens with one attached hydrogen (secondary N) is 1. The van der Waals surface area contributed by atoms with Gasteiger partial charge in [0.05, 0.1) is 12.2 Å². The van der Waals surface area contributed by atoms with Crippen LogP contribution in [0.2, 0.25) is 0 Å². The Morgan fingerprint density at radius 3 is 2.48 bits per heavy atom. The lowest BCUT2D eigenvalue weighted by Gasteiger charge is -2.31. The van der Waals surface area contributed by atoms with Crippen molar-refractivity contribution in [1.82, 2.24) is 15.3 Å². The maximum Gasteiger partial charge on any atom is 0.424 e. The van der Waals surface area contributed by atoms with Gasteiger partial charge in [0.2, 0.25) is 11.5 Å². The lowest BCUT2D eigenvalue weighted by Crippen LogP contribution is -2.51. The molecule has 10 nitrogen and oxygen atoms in total. The van der Waals surface area contributed by atoms with Gasteiger partial charge in [-0.1, -0.05) is 0 Å². The molecular formula is C26H21F4N5O5. The van der Waals surface area contributed by atoms with Crippen molar-refractivity contribution < 1.29 is 41.4 Å². The highest BCUT2D eigenvalue weighted by molar-refractivity contribution is 5.97. The van der Waals surface area contributed by atoms with Crippen LogP contribution < -0.4 is 21.5 Å². The molecule has 1 aliphatic heterocycles. The van der Waals surface area contributed by atoms with E-state index >= 15 is 0 Å². The van der Waals surface area contributed by atoms with Crippen molar-refractivity contribution in [3.05, 3.63) is 71.2 Å². The average molecular weight is 559 g/mol. The number of benzene rings is 2. The van der Waals surface area contributed by atoms with Crippen molar-refractivity contribution in [3.8, 4) is 17.0 Å². The number of nitrogens with two attached hydrogens (primary N) is 2. The van der Waals surface area contributed by atoms with Crippen LogP contribution in [0.4, 0.5) is 23.6 Å². The zero-order valence-corrected chi connectivity index (χ0v) is 20.7. The molecule has 14 heteroatoms. The van der Waals surface area contributed by atoms with Crippen molar-refractivity contribution >= 4 is 28.9 Å². The first-order chi connectivity index (χ1) is 18.7. The number of carbonyl (C=O) groups is 2. The molecule has 0 radical (unpaired) electrons. The molecular weight excluding hydrogens is 538 g/mol. The van der Waals surface area contributed by atoms with Crippen LogP contribution in [0.3, 0.4) is 0 Å². The van der Waals surface area contributed by atoms with Crippen LogP contribution in [0.15, 0.2) is 52.9 Å². The van der Waals surface area contributed by atoms with Gasteiger partial charge in [0.1, 0.15) is 34.8 Å². The van der Waals surface area contributed by atoms with E-state index in [1.54, 1.807) is 0 Å². The van der Waals surface area contributed by atoms with E-state index < -0.39 is 47.1 Å². The number of amides is 2. The number of nitrogens with zero attached hydrogens (tertiary/aromatic N) is 2. The molecule has 0 spiro atoms. The lowest BCUT2D eigenvalue weighted by atomic mass is 9.81. The molecule has 208 valence electrons. The molecule has 0 saturated carbocycles. The first-order valence-electron chi connectivity index (χ1n) is 11.7. The standard InChI is InChI=1S/C26H21F4N5O5/c1-24(22(31)37)11-39-20-15(24)9-18(35-19(20)12-2-5-14(27)6-3-12)25(38,26(28,29)30)10-33-21(36)13-4-7-16-17(8-13)40-23(32)34-16/h2-9,38H,10-11H2,1H3,(H2,31,37)(H2,32,34)(H,33,36)/t24-,25?/m0/s1. The van der Waals surface area contributed by atoms with Gasteiger partial charge >= 0.3 is 6.18 Å². The summed E-state index contributed by atoms with van der Waals surface area (Å²) >= 11 is 0. The van der Waals surface area contributed by atoms with E-state index in [0.29, 0.717) is 5.52 Å². The van der Waals surface area contributed by atoms with Crippen molar-refractivity contribution in [2.24, 2.45) is 5.73 Å².